The summed E-state index contributed by atoms with van der Waals surface area (Å²) in [5.74, 6) is 0.0368. The molecule has 1 atom stereocenters. The largest absolute Gasteiger partial charge is 0.379 e. The van der Waals surface area contributed by atoms with Gasteiger partial charge in [0.25, 0.3) is 0 Å². The number of hydrogen-bond donors (Lipinski definition) is 2. The fraction of sp³-hybridized carbons (Fsp3) is 0.885. The minimum Gasteiger partial charge on any atom is -0.379 e. The van der Waals surface area contributed by atoms with E-state index in [0.29, 0.717) is 25.9 Å². The van der Waals surface area contributed by atoms with E-state index in [1.807, 2.05) is 0 Å². The number of hydrogen-bond acceptors (Lipinski definition) is 7. The van der Waals surface area contributed by atoms with Crippen LogP contribution in [-0.2, 0) is 19.1 Å². The standard InChI is InChI=1S/C26H47N5O4/c1-22(32)8-4-3-5-9-23(28-24(33)20-30-14-12-29(2)13-15-30)25(34)27-21-26(10-6-7-11-26)31-16-18-35-19-17-31/h23H,3-21H2,1-2H3,(H,27,34)(H,28,33)/t23-/m0/s1. The molecule has 2 heterocycles. The predicted molar refractivity (Wildman–Crippen MR) is 136 cm³/mol. The average Bonchev–Trinajstić information content (AvgIpc) is 3.34. The Hall–Kier alpha value is -1.55. The Labute approximate surface area is 211 Å². The Morgan fingerprint density at radius 1 is 0.943 bits per heavy atom. The molecule has 0 bridgehead atoms. The quantitative estimate of drug-likeness (QED) is 0.370. The van der Waals surface area contributed by atoms with Gasteiger partial charge in [-0.3, -0.25) is 19.4 Å². The molecule has 200 valence electrons. The lowest BCUT2D eigenvalue weighted by atomic mass is 9.94. The van der Waals surface area contributed by atoms with Crippen molar-refractivity contribution in [3.63, 3.8) is 0 Å². The summed E-state index contributed by atoms with van der Waals surface area (Å²) in [7, 11) is 2.10. The van der Waals surface area contributed by atoms with E-state index in [2.05, 4.69) is 32.4 Å². The van der Waals surface area contributed by atoms with Gasteiger partial charge in [0.1, 0.15) is 11.8 Å². The molecule has 3 rings (SSSR count). The highest BCUT2D eigenvalue weighted by Crippen LogP contribution is 2.35. The third kappa shape index (κ3) is 9.12. The molecular formula is C26H47N5O4. The van der Waals surface area contributed by atoms with Gasteiger partial charge in [-0.1, -0.05) is 25.7 Å². The van der Waals surface area contributed by atoms with Crippen LogP contribution in [0.2, 0.25) is 0 Å². The first-order valence-corrected chi connectivity index (χ1v) is 13.7. The molecule has 1 aliphatic carbocycles. The number of carbonyl (C=O) groups excluding carboxylic acids is 3. The molecule has 0 aromatic heterocycles. The van der Waals surface area contributed by atoms with E-state index in [1.165, 1.54) is 12.8 Å². The summed E-state index contributed by atoms with van der Waals surface area (Å²) in [4.78, 5) is 44.3. The van der Waals surface area contributed by atoms with Gasteiger partial charge in [0.05, 0.1) is 19.8 Å². The highest BCUT2D eigenvalue weighted by molar-refractivity contribution is 5.88. The second-order valence-electron chi connectivity index (χ2n) is 10.7. The number of morpholine rings is 1. The van der Waals surface area contributed by atoms with Crippen LogP contribution in [0, 0.1) is 0 Å². The molecule has 3 fully saturated rings. The van der Waals surface area contributed by atoms with Gasteiger partial charge in [0.2, 0.25) is 11.8 Å². The monoisotopic (exact) mass is 493 g/mol. The number of ketones is 1. The van der Waals surface area contributed by atoms with Gasteiger partial charge >= 0.3 is 0 Å². The normalized spacial score (nSPS) is 22.6. The molecule has 2 saturated heterocycles. The van der Waals surface area contributed by atoms with Crippen LogP contribution in [0.3, 0.4) is 0 Å². The lowest BCUT2D eigenvalue weighted by Crippen LogP contribution is -2.59. The maximum atomic E-state index is 13.3. The van der Waals surface area contributed by atoms with Crippen LogP contribution in [0.5, 0.6) is 0 Å². The Morgan fingerprint density at radius 3 is 2.29 bits per heavy atom. The zero-order valence-corrected chi connectivity index (χ0v) is 22.0. The van der Waals surface area contributed by atoms with Crippen LogP contribution < -0.4 is 10.6 Å². The Kier molecular flexibility index (Phi) is 11.4. The Balaban J connectivity index is 1.54. The second kappa shape index (κ2) is 14.3. The lowest BCUT2D eigenvalue weighted by Gasteiger charge is -2.43. The summed E-state index contributed by atoms with van der Waals surface area (Å²) in [5.41, 5.74) is 0.00924. The van der Waals surface area contributed by atoms with E-state index in [0.717, 1.165) is 84.6 Å². The minimum atomic E-state index is -0.532. The zero-order chi connectivity index (χ0) is 25.1. The van der Waals surface area contributed by atoms with Crippen LogP contribution in [0.25, 0.3) is 0 Å². The van der Waals surface area contributed by atoms with Crippen LogP contribution in [-0.4, -0.2) is 116 Å². The molecular weight excluding hydrogens is 446 g/mol. The number of unbranched alkanes of at least 4 members (excludes halogenated alkanes) is 2. The highest BCUT2D eigenvalue weighted by atomic mass is 16.5. The van der Waals surface area contributed by atoms with Crippen molar-refractivity contribution >= 4 is 17.6 Å². The maximum Gasteiger partial charge on any atom is 0.242 e. The van der Waals surface area contributed by atoms with E-state index in [1.54, 1.807) is 6.92 Å². The Morgan fingerprint density at radius 2 is 1.63 bits per heavy atom. The van der Waals surface area contributed by atoms with Crippen molar-refractivity contribution < 1.29 is 19.1 Å². The summed E-state index contributed by atoms with van der Waals surface area (Å²) < 4.78 is 5.55. The Bertz CT molecular complexity index is 683. The van der Waals surface area contributed by atoms with Crippen LogP contribution >= 0.6 is 0 Å². The number of Topliss-reactive ketones (excluding diaryl/α,β-unsaturated/α-hetero) is 1. The van der Waals surface area contributed by atoms with Crippen molar-refractivity contribution in [1.82, 2.24) is 25.3 Å². The van der Waals surface area contributed by atoms with Crippen molar-refractivity contribution in [3.05, 3.63) is 0 Å². The SMILES string of the molecule is CC(=O)CCCCC[C@H](NC(=O)CN1CCN(C)CC1)C(=O)NCC1(N2CCOCC2)CCCC1. The van der Waals surface area contributed by atoms with Crippen LogP contribution in [0.1, 0.15) is 64.7 Å². The van der Waals surface area contributed by atoms with E-state index in [9.17, 15) is 14.4 Å². The molecule has 0 aromatic carbocycles. The van der Waals surface area contributed by atoms with Gasteiger partial charge in [0.15, 0.2) is 0 Å². The van der Waals surface area contributed by atoms with Crippen molar-refractivity contribution in [2.75, 3.05) is 72.6 Å². The van der Waals surface area contributed by atoms with E-state index in [-0.39, 0.29) is 23.1 Å². The van der Waals surface area contributed by atoms with Crippen molar-refractivity contribution in [3.8, 4) is 0 Å². The summed E-state index contributed by atoms with van der Waals surface area (Å²) in [5, 5.41) is 6.26. The summed E-state index contributed by atoms with van der Waals surface area (Å²) in [6.45, 7) is 9.55. The molecule has 0 radical (unpaired) electrons. The van der Waals surface area contributed by atoms with E-state index in [4.69, 9.17) is 4.74 Å². The number of ether oxygens (including phenoxy) is 1. The first kappa shape index (κ1) is 28.0. The minimum absolute atomic E-state index is 0.00924. The third-order valence-corrected chi connectivity index (χ3v) is 7.94. The molecule has 1 saturated carbocycles. The fourth-order valence-electron chi connectivity index (χ4n) is 5.67. The van der Waals surface area contributed by atoms with Crippen molar-refractivity contribution in [2.45, 2.75) is 76.3 Å². The molecule has 3 aliphatic rings. The van der Waals surface area contributed by atoms with Gasteiger partial charge in [-0.25, -0.2) is 0 Å². The molecule has 0 spiro atoms. The molecule has 9 nitrogen and oxygen atoms in total. The van der Waals surface area contributed by atoms with Gasteiger partial charge in [0, 0.05) is 57.8 Å². The smallest absolute Gasteiger partial charge is 0.242 e. The fourth-order valence-corrected chi connectivity index (χ4v) is 5.67. The number of piperazine rings is 1. The van der Waals surface area contributed by atoms with Crippen molar-refractivity contribution in [2.24, 2.45) is 0 Å². The van der Waals surface area contributed by atoms with Gasteiger partial charge < -0.3 is 25.1 Å². The topological polar surface area (TPSA) is 94.2 Å². The molecule has 0 aromatic rings. The maximum absolute atomic E-state index is 13.3. The molecule has 2 aliphatic heterocycles. The summed E-state index contributed by atoms with van der Waals surface area (Å²) in [6, 6.07) is -0.532. The summed E-state index contributed by atoms with van der Waals surface area (Å²) in [6.07, 6.45) is 8.28. The lowest BCUT2D eigenvalue weighted by molar-refractivity contribution is -0.130. The number of rotatable bonds is 13. The number of likely N-dealkylation sites (N-methyl/N-ethyl adjacent to an activating group) is 1. The number of nitrogens with one attached hydrogen (secondary N) is 2. The van der Waals surface area contributed by atoms with Crippen LogP contribution in [0.4, 0.5) is 0 Å². The van der Waals surface area contributed by atoms with Gasteiger partial charge in [-0.05, 0) is 39.7 Å². The first-order valence-electron chi connectivity index (χ1n) is 13.7. The number of amides is 2. The van der Waals surface area contributed by atoms with Crippen molar-refractivity contribution in [1.29, 1.82) is 0 Å². The zero-order valence-electron chi connectivity index (χ0n) is 22.0. The molecule has 2 N–H and O–H groups in total. The van der Waals surface area contributed by atoms with Crippen LogP contribution in [0.15, 0.2) is 0 Å². The first-order chi connectivity index (χ1) is 16.9. The average molecular weight is 494 g/mol. The molecule has 0 unspecified atom stereocenters. The van der Waals surface area contributed by atoms with Gasteiger partial charge in [-0.15, -0.1) is 0 Å². The predicted octanol–water partition coefficient (Wildman–Crippen LogP) is 1.02. The molecule has 9 heteroatoms. The summed E-state index contributed by atoms with van der Waals surface area (Å²) >= 11 is 0. The van der Waals surface area contributed by atoms with E-state index >= 15 is 0 Å². The second-order valence-corrected chi connectivity index (χ2v) is 10.7. The van der Waals surface area contributed by atoms with E-state index < -0.39 is 6.04 Å². The molecule has 2 amide bonds. The highest BCUT2D eigenvalue weighted by Gasteiger charge is 2.40. The number of nitrogens with zero attached hydrogens (tertiary/aromatic N) is 3. The number of carbonyl (C=O) groups is 3. The van der Waals surface area contributed by atoms with Gasteiger partial charge in [-0.2, -0.15) is 0 Å². The molecule has 35 heavy (non-hydrogen) atoms. The third-order valence-electron chi connectivity index (χ3n) is 7.94.